The first-order valence-corrected chi connectivity index (χ1v) is 10.4. The Hall–Kier alpha value is -2.16. The molecule has 1 amide bonds. The number of anilines is 1. The Morgan fingerprint density at radius 2 is 1.96 bits per heavy atom. The van der Waals surface area contributed by atoms with Gasteiger partial charge >= 0.3 is 5.97 Å². The molecule has 1 aliphatic rings. The van der Waals surface area contributed by atoms with Crippen LogP contribution in [-0.4, -0.2) is 27.4 Å². The quantitative estimate of drug-likeness (QED) is 0.461. The van der Waals surface area contributed by atoms with Gasteiger partial charge in [-0.2, -0.15) is 0 Å². The van der Waals surface area contributed by atoms with Crippen molar-refractivity contribution in [1.82, 2.24) is 0 Å². The van der Waals surface area contributed by atoms with E-state index in [1.807, 2.05) is 24.3 Å². The number of thioether (sulfide) groups is 1. The van der Waals surface area contributed by atoms with E-state index in [9.17, 15) is 14.7 Å². The van der Waals surface area contributed by atoms with E-state index in [4.69, 9.17) is 17.0 Å². The van der Waals surface area contributed by atoms with E-state index in [1.165, 1.54) is 16.7 Å². The summed E-state index contributed by atoms with van der Waals surface area (Å²) in [5.74, 6) is -0.845. The number of benzene rings is 2. The van der Waals surface area contributed by atoms with Crippen molar-refractivity contribution in [3.05, 3.63) is 63.5 Å². The smallest absolute Gasteiger partial charge is 0.344 e. The normalized spacial score (nSPS) is 16.5. The highest BCUT2D eigenvalue weighted by atomic mass is 79.9. The van der Waals surface area contributed by atoms with E-state index < -0.39 is 12.1 Å². The molecule has 1 aliphatic heterocycles. The Labute approximate surface area is 180 Å². The Morgan fingerprint density at radius 1 is 1.29 bits per heavy atom. The van der Waals surface area contributed by atoms with Crippen LogP contribution in [0.25, 0.3) is 6.08 Å². The average Bonchev–Trinajstić information content (AvgIpc) is 2.95. The first-order valence-electron chi connectivity index (χ1n) is 8.42. The second-order valence-electron chi connectivity index (χ2n) is 5.88. The van der Waals surface area contributed by atoms with E-state index >= 15 is 0 Å². The van der Waals surface area contributed by atoms with Crippen LogP contribution in [-0.2, 0) is 9.59 Å². The maximum atomic E-state index is 12.9. The monoisotopic (exact) mass is 477 g/mol. The van der Waals surface area contributed by atoms with Crippen molar-refractivity contribution in [2.24, 2.45) is 0 Å². The molecule has 3 rings (SSSR count). The summed E-state index contributed by atoms with van der Waals surface area (Å²) in [6, 6.07) is 14.3. The van der Waals surface area contributed by atoms with Gasteiger partial charge < -0.3 is 9.84 Å². The molecule has 2 aromatic carbocycles. The Morgan fingerprint density at radius 3 is 2.61 bits per heavy atom. The molecule has 0 radical (unpaired) electrons. The maximum Gasteiger partial charge on any atom is 0.344 e. The number of halogens is 1. The molecule has 28 heavy (non-hydrogen) atoms. The standard InChI is InChI=1S/C20H16BrNO4S2/c1-2-15(19(24)25)26-16-6-4-3-5-12(16)11-17-18(23)22(20(27)28-17)14-9-7-13(21)8-10-14/h3-11,15H,2H2,1H3,(H,24,25)/b17-11+. The number of hydrogen-bond donors (Lipinski definition) is 1. The van der Waals surface area contributed by atoms with E-state index in [1.54, 1.807) is 37.3 Å². The molecule has 1 heterocycles. The Kier molecular flexibility index (Phi) is 6.53. The number of amides is 1. The average molecular weight is 478 g/mol. The highest BCUT2D eigenvalue weighted by Crippen LogP contribution is 2.37. The number of ether oxygens (including phenoxy) is 1. The summed E-state index contributed by atoms with van der Waals surface area (Å²) in [4.78, 5) is 26.1. The van der Waals surface area contributed by atoms with Crippen molar-refractivity contribution in [1.29, 1.82) is 0 Å². The summed E-state index contributed by atoms with van der Waals surface area (Å²) in [5.41, 5.74) is 1.31. The topological polar surface area (TPSA) is 66.8 Å². The molecule has 0 aromatic heterocycles. The van der Waals surface area contributed by atoms with Gasteiger partial charge in [0.15, 0.2) is 10.4 Å². The third kappa shape index (κ3) is 4.45. The molecular weight excluding hydrogens is 462 g/mol. The molecule has 1 atom stereocenters. The Bertz CT molecular complexity index is 959. The number of para-hydroxylation sites is 1. The van der Waals surface area contributed by atoms with Crippen molar-refractivity contribution in [3.63, 3.8) is 0 Å². The van der Waals surface area contributed by atoms with Gasteiger partial charge in [-0.15, -0.1) is 0 Å². The molecule has 2 aromatic rings. The van der Waals surface area contributed by atoms with Crippen LogP contribution in [0.2, 0.25) is 0 Å². The van der Waals surface area contributed by atoms with Crippen LogP contribution in [0.4, 0.5) is 5.69 Å². The van der Waals surface area contributed by atoms with Crippen molar-refractivity contribution in [2.75, 3.05) is 4.90 Å². The van der Waals surface area contributed by atoms with Gasteiger partial charge in [0.25, 0.3) is 5.91 Å². The summed E-state index contributed by atoms with van der Waals surface area (Å²) in [6.45, 7) is 1.74. The second-order valence-corrected chi connectivity index (χ2v) is 8.48. The van der Waals surface area contributed by atoms with Crippen molar-refractivity contribution in [3.8, 4) is 5.75 Å². The first kappa shape index (κ1) is 20.6. The zero-order valence-electron chi connectivity index (χ0n) is 14.8. The van der Waals surface area contributed by atoms with E-state index in [0.29, 0.717) is 32.6 Å². The van der Waals surface area contributed by atoms with Gasteiger partial charge in [-0.1, -0.05) is 65.0 Å². The van der Waals surface area contributed by atoms with Crippen LogP contribution in [0, 0.1) is 0 Å². The summed E-state index contributed by atoms with van der Waals surface area (Å²) >= 11 is 9.96. The van der Waals surface area contributed by atoms with Gasteiger partial charge in [-0.05, 0) is 42.8 Å². The Balaban J connectivity index is 1.90. The van der Waals surface area contributed by atoms with Gasteiger partial charge in [-0.25, -0.2) is 4.79 Å². The number of carbonyl (C=O) groups is 2. The number of rotatable bonds is 6. The molecule has 0 aliphatic carbocycles. The number of carboxylic acid groups (broad SMARTS) is 1. The molecule has 144 valence electrons. The van der Waals surface area contributed by atoms with Crippen LogP contribution >= 0.6 is 39.9 Å². The fraction of sp³-hybridized carbons (Fsp3) is 0.150. The third-order valence-electron chi connectivity index (χ3n) is 4.00. The molecule has 0 bridgehead atoms. The first-order chi connectivity index (χ1) is 13.4. The summed E-state index contributed by atoms with van der Waals surface area (Å²) in [7, 11) is 0. The van der Waals surface area contributed by atoms with Gasteiger partial charge in [0.05, 0.1) is 10.6 Å². The van der Waals surface area contributed by atoms with Crippen LogP contribution in [0.3, 0.4) is 0 Å². The largest absolute Gasteiger partial charge is 0.479 e. The molecule has 8 heteroatoms. The lowest BCUT2D eigenvalue weighted by atomic mass is 10.1. The van der Waals surface area contributed by atoms with Crippen molar-refractivity contribution >= 4 is 67.9 Å². The molecule has 1 N–H and O–H groups in total. The van der Waals surface area contributed by atoms with Gasteiger partial charge in [0.1, 0.15) is 5.75 Å². The lowest BCUT2D eigenvalue weighted by Gasteiger charge is -2.15. The zero-order chi connectivity index (χ0) is 20.3. The highest BCUT2D eigenvalue weighted by Gasteiger charge is 2.33. The fourth-order valence-corrected chi connectivity index (χ4v) is 4.14. The molecule has 5 nitrogen and oxygen atoms in total. The van der Waals surface area contributed by atoms with Crippen LogP contribution < -0.4 is 9.64 Å². The number of nitrogens with zero attached hydrogens (tertiary/aromatic N) is 1. The number of thiocarbonyl (C=S) groups is 1. The minimum atomic E-state index is -1.03. The van der Waals surface area contributed by atoms with Crippen LogP contribution in [0.15, 0.2) is 57.9 Å². The van der Waals surface area contributed by atoms with E-state index in [-0.39, 0.29) is 5.91 Å². The zero-order valence-corrected chi connectivity index (χ0v) is 18.0. The van der Waals surface area contributed by atoms with Crippen LogP contribution in [0.5, 0.6) is 5.75 Å². The number of carbonyl (C=O) groups excluding carboxylic acids is 1. The van der Waals surface area contributed by atoms with Gasteiger partial charge in [0.2, 0.25) is 0 Å². The number of aliphatic carboxylic acids is 1. The lowest BCUT2D eigenvalue weighted by molar-refractivity contribution is -0.145. The highest BCUT2D eigenvalue weighted by molar-refractivity contribution is 9.10. The SMILES string of the molecule is CCC(Oc1ccccc1/C=C1/SC(=S)N(c2ccc(Br)cc2)C1=O)C(=O)O. The molecular formula is C20H16BrNO4S2. The predicted molar refractivity (Wildman–Crippen MR) is 119 cm³/mol. The van der Waals surface area contributed by atoms with Crippen LogP contribution in [0.1, 0.15) is 18.9 Å². The summed E-state index contributed by atoms with van der Waals surface area (Å²) in [6.07, 6.45) is 1.06. The fourth-order valence-electron chi connectivity index (χ4n) is 2.59. The van der Waals surface area contributed by atoms with Crippen molar-refractivity contribution < 1.29 is 19.4 Å². The van der Waals surface area contributed by atoms with Gasteiger partial charge in [-0.3, -0.25) is 9.69 Å². The number of carboxylic acids is 1. The van der Waals surface area contributed by atoms with E-state index in [0.717, 1.165) is 4.47 Å². The maximum absolute atomic E-state index is 12.9. The predicted octanol–water partition coefficient (Wildman–Crippen LogP) is 5.10. The van der Waals surface area contributed by atoms with Crippen molar-refractivity contribution in [2.45, 2.75) is 19.4 Å². The molecule has 1 saturated heterocycles. The molecule has 0 saturated carbocycles. The van der Waals surface area contributed by atoms with Gasteiger partial charge in [0, 0.05) is 10.0 Å². The molecule has 1 unspecified atom stereocenters. The third-order valence-corrected chi connectivity index (χ3v) is 5.83. The lowest BCUT2D eigenvalue weighted by Crippen LogP contribution is -2.27. The summed E-state index contributed by atoms with van der Waals surface area (Å²) in [5, 5.41) is 9.24. The summed E-state index contributed by atoms with van der Waals surface area (Å²) < 4.78 is 6.99. The second kappa shape index (κ2) is 8.89. The van der Waals surface area contributed by atoms with E-state index in [2.05, 4.69) is 15.9 Å². The number of hydrogen-bond acceptors (Lipinski definition) is 5. The minimum Gasteiger partial charge on any atom is -0.479 e. The minimum absolute atomic E-state index is 0.225. The molecule has 1 fully saturated rings. The molecule has 0 spiro atoms.